The molecule has 0 unspecified atom stereocenters. The van der Waals surface area contributed by atoms with Crippen LogP contribution >= 0.6 is 11.8 Å². The van der Waals surface area contributed by atoms with Gasteiger partial charge in [0.05, 0.1) is 5.69 Å². The van der Waals surface area contributed by atoms with Gasteiger partial charge in [0.15, 0.2) is 23.1 Å². The summed E-state index contributed by atoms with van der Waals surface area (Å²) in [6.45, 7) is 0.628. The molecule has 0 radical (unpaired) electrons. The second-order valence-electron chi connectivity index (χ2n) is 9.64. The first-order valence-corrected chi connectivity index (χ1v) is 13.8. The molecule has 202 valence electrons. The number of pyridine rings is 2. The maximum atomic E-state index is 15.5. The second-order valence-corrected chi connectivity index (χ2v) is 10.7. The van der Waals surface area contributed by atoms with Crippen LogP contribution in [0.2, 0.25) is 0 Å². The van der Waals surface area contributed by atoms with E-state index >= 15 is 4.39 Å². The summed E-state index contributed by atoms with van der Waals surface area (Å²) in [6, 6.07) is 5.04. The number of halogens is 2. The quantitative estimate of drug-likeness (QED) is 0.412. The number of aromatic hydroxyl groups is 1. The summed E-state index contributed by atoms with van der Waals surface area (Å²) < 4.78 is 37.9. The number of hydrogen-bond donors (Lipinski definition) is 1. The van der Waals surface area contributed by atoms with Crippen molar-refractivity contribution in [2.75, 3.05) is 24.8 Å². The van der Waals surface area contributed by atoms with Crippen LogP contribution < -0.4 is 15.2 Å². The van der Waals surface area contributed by atoms with Gasteiger partial charge in [-0.05, 0) is 31.4 Å². The minimum absolute atomic E-state index is 0.0651. The minimum Gasteiger partial charge on any atom is -0.502 e. The van der Waals surface area contributed by atoms with Crippen LogP contribution in [-0.4, -0.2) is 45.4 Å². The molecule has 39 heavy (non-hydrogen) atoms. The van der Waals surface area contributed by atoms with Gasteiger partial charge in [0, 0.05) is 52.8 Å². The molecule has 3 aliphatic rings. The number of ether oxygens (including phenoxy) is 1. The molecule has 1 atom stereocenters. The summed E-state index contributed by atoms with van der Waals surface area (Å²) in [7, 11) is 0. The van der Waals surface area contributed by atoms with Crippen molar-refractivity contribution in [1.82, 2.24) is 14.6 Å². The Kier molecular flexibility index (Phi) is 6.76. The topological polar surface area (TPSA) is 87.9 Å². The van der Waals surface area contributed by atoms with E-state index in [9.17, 15) is 19.1 Å². The highest BCUT2D eigenvalue weighted by molar-refractivity contribution is 7.98. The number of nitrogens with zero attached hydrogens (tertiary/aromatic N) is 4. The number of benzene rings is 1. The van der Waals surface area contributed by atoms with Gasteiger partial charge in [-0.2, -0.15) is 0 Å². The molecule has 2 aromatic heterocycles. The summed E-state index contributed by atoms with van der Waals surface area (Å²) in [5, 5.41) is 12.5. The van der Waals surface area contributed by atoms with Crippen molar-refractivity contribution in [3.05, 3.63) is 93.2 Å². The fourth-order valence-electron chi connectivity index (χ4n) is 5.37. The van der Waals surface area contributed by atoms with Gasteiger partial charge >= 0.3 is 0 Å². The van der Waals surface area contributed by atoms with Gasteiger partial charge in [0.1, 0.15) is 25.1 Å². The van der Waals surface area contributed by atoms with Crippen molar-refractivity contribution in [3.63, 3.8) is 0 Å². The van der Waals surface area contributed by atoms with Crippen LogP contribution in [0.3, 0.4) is 0 Å². The molecule has 3 aliphatic heterocycles. The SMILES string of the molecule is O=C1c2c(O)c(=O)ccn2N2CN1CCCCC/C=C/COc1cc(F)c(F)c3c1[C@@H]2c1ncccc1SC3. The van der Waals surface area contributed by atoms with E-state index in [-0.39, 0.29) is 36.0 Å². The molecule has 11 heteroatoms. The van der Waals surface area contributed by atoms with Crippen molar-refractivity contribution < 1.29 is 23.4 Å². The molecule has 8 nitrogen and oxygen atoms in total. The zero-order chi connectivity index (χ0) is 27.1. The lowest BCUT2D eigenvalue weighted by molar-refractivity contribution is 0.0675. The number of carbonyl (C=O) groups excluding carboxylic acids is 1. The Labute approximate surface area is 227 Å². The number of aromatic nitrogens is 2. The van der Waals surface area contributed by atoms with E-state index in [4.69, 9.17) is 4.74 Å². The summed E-state index contributed by atoms with van der Waals surface area (Å²) in [5.41, 5.74) is 0.235. The summed E-state index contributed by atoms with van der Waals surface area (Å²) in [5.74, 6) is -2.81. The average molecular weight is 553 g/mol. The van der Waals surface area contributed by atoms with E-state index < -0.39 is 34.8 Å². The monoisotopic (exact) mass is 552 g/mol. The van der Waals surface area contributed by atoms with Crippen LogP contribution in [-0.2, 0) is 5.75 Å². The van der Waals surface area contributed by atoms with Crippen molar-refractivity contribution in [2.45, 2.75) is 42.4 Å². The largest absolute Gasteiger partial charge is 0.502 e. The van der Waals surface area contributed by atoms with Crippen molar-refractivity contribution >= 4 is 17.7 Å². The van der Waals surface area contributed by atoms with Crippen molar-refractivity contribution in [3.8, 4) is 11.5 Å². The van der Waals surface area contributed by atoms with Gasteiger partial charge < -0.3 is 14.7 Å². The third-order valence-electron chi connectivity index (χ3n) is 7.26. The van der Waals surface area contributed by atoms with Crippen molar-refractivity contribution in [1.29, 1.82) is 0 Å². The number of carbonyl (C=O) groups is 1. The third kappa shape index (κ3) is 4.44. The van der Waals surface area contributed by atoms with Crippen molar-refractivity contribution in [2.24, 2.45) is 0 Å². The molecule has 0 fully saturated rings. The highest BCUT2D eigenvalue weighted by atomic mass is 32.2. The van der Waals surface area contributed by atoms with Gasteiger partial charge in [-0.15, -0.1) is 11.8 Å². The Morgan fingerprint density at radius 3 is 2.87 bits per heavy atom. The van der Waals surface area contributed by atoms with E-state index in [0.29, 0.717) is 17.8 Å². The Bertz CT molecular complexity index is 1540. The highest BCUT2D eigenvalue weighted by Gasteiger charge is 2.41. The molecule has 0 aliphatic carbocycles. The van der Waals surface area contributed by atoms with Crippen LogP contribution in [0.5, 0.6) is 11.5 Å². The van der Waals surface area contributed by atoms with E-state index in [0.717, 1.165) is 36.6 Å². The summed E-state index contributed by atoms with van der Waals surface area (Å²) in [4.78, 5) is 33.0. The Balaban J connectivity index is 1.65. The lowest BCUT2D eigenvalue weighted by atomic mass is 9.95. The van der Waals surface area contributed by atoms with Gasteiger partial charge in [-0.3, -0.25) is 24.3 Å². The van der Waals surface area contributed by atoms with Crippen LogP contribution in [0, 0.1) is 11.6 Å². The number of amides is 1. The molecule has 1 amide bonds. The molecule has 6 rings (SSSR count). The smallest absolute Gasteiger partial charge is 0.277 e. The molecule has 1 N–H and O–H groups in total. The van der Waals surface area contributed by atoms with Crippen LogP contribution in [0.1, 0.15) is 59.0 Å². The third-order valence-corrected chi connectivity index (χ3v) is 8.35. The lowest BCUT2D eigenvalue weighted by Gasteiger charge is -2.44. The number of thioether (sulfide) groups is 1. The summed E-state index contributed by atoms with van der Waals surface area (Å²) in [6.07, 6.45) is 10.2. The fourth-order valence-corrected chi connectivity index (χ4v) is 6.43. The van der Waals surface area contributed by atoms with E-state index in [1.165, 1.54) is 28.7 Å². The Hall–Kier alpha value is -3.86. The molecule has 2 bridgehead atoms. The van der Waals surface area contributed by atoms with Crippen LogP contribution in [0.25, 0.3) is 0 Å². The van der Waals surface area contributed by atoms with Gasteiger partial charge in [0.2, 0.25) is 5.43 Å². The molecule has 1 aromatic carbocycles. The Morgan fingerprint density at radius 1 is 1.13 bits per heavy atom. The second kappa shape index (κ2) is 10.4. The zero-order valence-electron chi connectivity index (χ0n) is 21.0. The van der Waals surface area contributed by atoms with Crippen LogP contribution in [0.15, 0.2) is 58.5 Å². The maximum absolute atomic E-state index is 15.5. The number of rotatable bonds is 0. The maximum Gasteiger partial charge on any atom is 0.277 e. The molecule has 5 heterocycles. The molecule has 3 aromatic rings. The molecular weight excluding hydrogens is 526 g/mol. The standard InChI is InChI=1S/C28H26F2N4O4S/c29-18-14-20-22-17(23(18)30)15-39-21-8-7-10-31-24(21)25(22)34-16-32(11-5-3-1-2-4-6-13-38-20)28(37)26-27(36)19(35)9-12-33(26)34/h4,6-10,12,14,25,36H,1-3,5,11,13,15-16H2/b6-4+/t25-/m1/s1. The van der Waals surface area contributed by atoms with Gasteiger partial charge in [-0.25, -0.2) is 8.78 Å². The van der Waals surface area contributed by atoms with E-state index in [1.54, 1.807) is 22.2 Å². The van der Waals surface area contributed by atoms with E-state index in [2.05, 4.69) is 4.98 Å². The van der Waals surface area contributed by atoms with Crippen LogP contribution in [0.4, 0.5) is 8.78 Å². The van der Waals surface area contributed by atoms with Gasteiger partial charge in [0.25, 0.3) is 5.91 Å². The number of hydrogen-bond acceptors (Lipinski definition) is 7. The lowest BCUT2D eigenvalue weighted by Crippen LogP contribution is -2.56. The summed E-state index contributed by atoms with van der Waals surface area (Å²) >= 11 is 1.34. The Morgan fingerprint density at radius 2 is 2.00 bits per heavy atom. The zero-order valence-corrected chi connectivity index (χ0v) is 21.8. The molecular formula is C28H26F2N4O4S. The first kappa shape index (κ1) is 25.4. The normalized spacial score (nSPS) is 19.9. The predicted molar refractivity (Wildman–Crippen MR) is 142 cm³/mol. The minimum atomic E-state index is -1.01. The molecule has 0 saturated carbocycles. The predicted octanol–water partition coefficient (Wildman–Crippen LogP) is 4.48. The number of allylic oxidation sites excluding steroid dienone is 1. The first-order valence-electron chi connectivity index (χ1n) is 12.8. The fraction of sp³-hybridized carbons (Fsp3) is 0.321. The van der Waals surface area contributed by atoms with E-state index in [1.807, 2.05) is 18.2 Å². The molecule has 0 spiro atoms. The average Bonchev–Trinajstić information content (AvgIpc) is 3.10. The number of fused-ring (bicyclic) bond motifs is 7. The highest BCUT2D eigenvalue weighted by Crippen LogP contribution is 2.46. The van der Waals surface area contributed by atoms with Gasteiger partial charge in [-0.1, -0.05) is 18.6 Å². The first-order chi connectivity index (χ1) is 19.0. The molecule has 0 saturated heterocycles.